The van der Waals surface area contributed by atoms with Crippen LogP contribution in [0.1, 0.15) is 46.5 Å². The Hall–Kier alpha value is -0.300. The first-order chi connectivity index (χ1) is 6.54. The molecule has 1 N–H and O–H groups in total. The minimum Gasteiger partial charge on any atom is -0.389 e. The minimum atomic E-state index is -0.168. The maximum Gasteiger partial charge on any atom is 0.0724 e. The van der Waals surface area contributed by atoms with Crippen LogP contribution < -0.4 is 0 Å². The van der Waals surface area contributed by atoms with E-state index in [1.165, 1.54) is 24.8 Å². The van der Waals surface area contributed by atoms with E-state index in [0.29, 0.717) is 5.41 Å². The van der Waals surface area contributed by atoms with Gasteiger partial charge in [-0.2, -0.15) is 0 Å². The maximum absolute atomic E-state index is 9.64. The molecule has 0 saturated heterocycles. The molecule has 0 aromatic rings. The number of hydrogen-bond donors (Lipinski definition) is 1. The van der Waals surface area contributed by atoms with Crippen LogP contribution in [-0.4, -0.2) is 11.2 Å². The van der Waals surface area contributed by atoms with Crippen molar-refractivity contribution in [2.24, 2.45) is 17.3 Å². The van der Waals surface area contributed by atoms with Crippen molar-refractivity contribution in [2.75, 3.05) is 0 Å². The van der Waals surface area contributed by atoms with Gasteiger partial charge in [0.05, 0.1) is 6.10 Å². The molecule has 2 rings (SSSR count). The summed E-state index contributed by atoms with van der Waals surface area (Å²) in [7, 11) is 0. The molecule has 2 aliphatic rings. The lowest BCUT2D eigenvalue weighted by Crippen LogP contribution is -2.39. The fourth-order valence-electron chi connectivity index (χ4n) is 3.26. The van der Waals surface area contributed by atoms with Gasteiger partial charge in [-0.05, 0) is 42.9 Å². The predicted octanol–water partition coefficient (Wildman–Crippen LogP) is 3.14. The van der Waals surface area contributed by atoms with Crippen LogP contribution >= 0.6 is 0 Å². The van der Waals surface area contributed by atoms with Crippen molar-refractivity contribution in [1.29, 1.82) is 0 Å². The predicted molar refractivity (Wildman–Crippen MR) is 59.0 cm³/mol. The van der Waals surface area contributed by atoms with E-state index in [2.05, 4.69) is 26.8 Å². The standard InChI is InChI=1S/C13H22O/c1-9-4-5-11-8-12(14)6-7-13(11,3)10(9)2/h8-10,12,14H,4-7H2,1-3H3/t9?,10?,12-,13+/m0/s1. The van der Waals surface area contributed by atoms with E-state index in [1.807, 2.05) is 0 Å². The largest absolute Gasteiger partial charge is 0.389 e. The monoisotopic (exact) mass is 194 g/mol. The molecule has 0 radical (unpaired) electrons. The van der Waals surface area contributed by atoms with E-state index in [0.717, 1.165) is 18.3 Å². The molecule has 1 heteroatoms. The third-order valence-corrected chi connectivity index (χ3v) is 4.81. The topological polar surface area (TPSA) is 20.2 Å². The Balaban J connectivity index is 2.30. The second-order valence-corrected chi connectivity index (χ2v) is 5.52. The highest BCUT2D eigenvalue weighted by molar-refractivity contribution is 5.22. The lowest BCUT2D eigenvalue weighted by Gasteiger charge is -2.48. The first-order valence-corrected chi connectivity index (χ1v) is 5.93. The van der Waals surface area contributed by atoms with Crippen LogP contribution in [0.2, 0.25) is 0 Å². The smallest absolute Gasteiger partial charge is 0.0724 e. The highest BCUT2D eigenvalue weighted by atomic mass is 16.3. The highest BCUT2D eigenvalue weighted by Gasteiger charge is 2.42. The van der Waals surface area contributed by atoms with E-state index < -0.39 is 0 Å². The van der Waals surface area contributed by atoms with Gasteiger partial charge in [0.2, 0.25) is 0 Å². The molecule has 0 amide bonds. The lowest BCUT2D eigenvalue weighted by atomic mass is 9.57. The molecule has 1 nitrogen and oxygen atoms in total. The summed E-state index contributed by atoms with van der Waals surface area (Å²) in [4.78, 5) is 0. The average molecular weight is 194 g/mol. The van der Waals surface area contributed by atoms with Gasteiger partial charge in [-0.25, -0.2) is 0 Å². The second kappa shape index (κ2) is 3.37. The summed E-state index contributed by atoms with van der Waals surface area (Å²) in [5.41, 5.74) is 1.92. The number of fused-ring (bicyclic) bond motifs is 1. The number of hydrogen-bond acceptors (Lipinski definition) is 1. The number of aliphatic hydroxyl groups excluding tert-OH is 1. The van der Waals surface area contributed by atoms with Crippen LogP contribution in [-0.2, 0) is 0 Å². The fraction of sp³-hybridized carbons (Fsp3) is 0.846. The number of aliphatic hydroxyl groups is 1. The Morgan fingerprint density at radius 3 is 2.79 bits per heavy atom. The lowest BCUT2D eigenvalue weighted by molar-refractivity contribution is 0.0861. The number of allylic oxidation sites excluding steroid dienone is 1. The zero-order valence-electron chi connectivity index (χ0n) is 9.59. The van der Waals surface area contributed by atoms with Crippen LogP contribution in [0.25, 0.3) is 0 Å². The van der Waals surface area contributed by atoms with Gasteiger partial charge in [-0.15, -0.1) is 0 Å². The summed E-state index contributed by atoms with van der Waals surface area (Å²) < 4.78 is 0. The van der Waals surface area contributed by atoms with Crippen LogP contribution in [0.3, 0.4) is 0 Å². The molecule has 0 aromatic heterocycles. The minimum absolute atomic E-state index is 0.168. The maximum atomic E-state index is 9.64. The molecule has 4 atom stereocenters. The van der Waals surface area contributed by atoms with Crippen LogP contribution in [0.4, 0.5) is 0 Å². The Labute approximate surface area is 87.2 Å². The third-order valence-electron chi connectivity index (χ3n) is 4.81. The van der Waals surface area contributed by atoms with Crippen molar-refractivity contribution in [2.45, 2.75) is 52.6 Å². The molecule has 14 heavy (non-hydrogen) atoms. The van der Waals surface area contributed by atoms with Gasteiger partial charge in [0.15, 0.2) is 0 Å². The van der Waals surface area contributed by atoms with Gasteiger partial charge in [0, 0.05) is 0 Å². The molecule has 2 unspecified atom stereocenters. The Morgan fingerprint density at radius 2 is 2.07 bits per heavy atom. The van der Waals surface area contributed by atoms with Gasteiger partial charge in [-0.1, -0.05) is 32.4 Å². The molecule has 0 heterocycles. The third kappa shape index (κ3) is 1.42. The van der Waals surface area contributed by atoms with E-state index in [4.69, 9.17) is 0 Å². The van der Waals surface area contributed by atoms with Crippen LogP contribution in [0.15, 0.2) is 11.6 Å². The quantitative estimate of drug-likeness (QED) is 0.587. The molecule has 0 aliphatic heterocycles. The molecule has 1 saturated carbocycles. The van der Waals surface area contributed by atoms with Crippen molar-refractivity contribution in [3.8, 4) is 0 Å². The summed E-state index contributed by atoms with van der Waals surface area (Å²) in [5, 5.41) is 9.64. The van der Waals surface area contributed by atoms with E-state index in [-0.39, 0.29) is 6.10 Å². The van der Waals surface area contributed by atoms with Gasteiger partial charge in [0.1, 0.15) is 0 Å². The zero-order chi connectivity index (χ0) is 10.3. The zero-order valence-corrected chi connectivity index (χ0v) is 9.59. The van der Waals surface area contributed by atoms with E-state index in [9.17, 15) is 5.11 Å². The van der Waals surface area contributed by atoms with E-state index in [1.54, 1.807) is 0 Å². The Bertz CT molecular complexity index is 256. The average Bonchev–Trinajstić information content (AvgIpc) is 2.16. The van der Waals surface area contributed by atoms with Crippen molar-refractivity contribution < 1.29 is 5.11 Å². The number of rotatable bonds is 0. The molecular weight excluding hydrogens is 172 g/mol. The summed E-state index contributed by atoms with van der Waals surface area (Å²) >= 11 is 0. The van der Waals surface area contributed by atoms with Gasteiger partial charge >= 0.3 is 0 Å². The van der Waals surface area contributed by atoms with Crippen molar-refractivity contribution in [3.05, 3.63) is 11.6 Å². The molecular formula is C13H22O. The molecule has 0 bridgehead atoms. The van der Waals surface area contributed by atoms with Crippen molar-refractivity contribution >= 4 is 0 Å². The molecule has 80 valence electrons. The van der Waals surface area contributed by atoms with Crippen molar-refractivity contribution in [1.82, 2.24) is 0 Å². The fourth-order valence-corrected chi connectivity index (χ4v) is 3.26. The first-order valence-electron chi connectivity index (χ1n) is 5.93. The molecule has 0 aromatic carbocycles. The first kappa shape index (κ1) is 10.2. The molecule has 1 fully saturated rings. The van der Waals surface area contributed by atoms with Gasteiger partial charge < -0.3 is 5.11 Å². The summed E-state index contributed by atoms with van der Waals surface area (Å²) in [6.45, 7) is 7.15. The van der Waals surface area contributed by atoms with Gasteiger partial charge in [0.25, 0.3) is 0 Å². The van der Waals surface area contributed by atoms with Crippen LogP contribution in [0.5, 0.6) is 0 Å². The molecule has 0 spiro atoms. The molecule has 2 aliphatic carbocycles. The second-order valence-electron chi connectivity index (χ2n) is 5.52. The van der Waals surface area contributed by atoms with Crippen LogP contribution in [0, 0.1) is 17.3 Å². The SMILES string of the molecule is CC1CCC2=C[C@@H](O)CC[C@]2(C)C1C. The summed E-state index contributed by atoms with van der Waals surface area (Å²) in [5.74, 6) is 1.61. The Kier molecular flexibility index (Phi) is 2.46. The normalized spacial score (nSPS) is 48.3. The van der Waals surface area contributed by atoms with E-state index >= 15 is 0 Å². The van der Waals surface area contributed by atoms with Gasteiger partial charge in [-0.3, -0.25) is 0 Å². The van der Waals surface area contributed by atoms with Crippen molar-refractivity contribution in [3.63, 3.8) is 0 Å². The summed E-state index contributed by atoms with van der Waals surface area (Å²) in [6.07, 6.45) is 6.60. The summed E-state index contributed by atoms with van der Waals surface area (Å²) in [6, 6.07) is 0. The highest BCUT2D eigenvalue weighted by Crippen LogP contribution is 2.52. The Morgan fingerprint density at radius 1 is 1.36 bits per heavy atom.